The number of aryl methyl sites for hydroxylation is 1. The number of benzene rings is 1. The fourth-order valence-electron chi connectivity index (χ4n) is 3.12. The average Bonchev–Trinajstić information content (AvgIpc) is 2.85. The van der Waals surface area contributed by atoms with Gasteiger partial charge in [-0.2, -0.15) is 15.2 Å². The highest BCUT2D eigenvalue weighted by atomic mass is 16.1. The molecular weight excluding hydrogens is 328 g/mol. The number of aromatic nitrogens is 4. The Balaban J connectivity index is 1.99. The molecule has 0 fully saturated rings. The zero-order valence-corrected chi connectivity index (χ0v) is 15.8. The fourth-order valence-corrected chi connectivity index (χ4v) is 3.12. The van der Waals surface area contributed by atoms with Crippen LogP contribution in [0.25, 0.3) is 10.9 Å². The van der Waals surface area contributed by atoms with Crippen molar-refractivity contribution in [2.75, 3.05) is 5.43 Å². The number of hydrogen-bond donors (Lipinski definition) is 2. The zero-order valence-electron chi connectivity index (χ0n) is 15.8. The summed E-state index contributed by atoms with van der Waals surface area (Å²) in [4.78, 5) is 15.5. The maximum atomic E-state index is 11.5. The number of aromatic amines is 1. The van der Waals surface area contributed by atoms with Gasteiger partial charge in [-0.05, 0) is 19.9 Å². The van der Waals surface area contributed by atoms with Crippen LogP contribution >= 0.6 is 0 Å². The number of nitrogens with one attached hydrogen (secondary N) is 2. The van der Waals surface area contributed by atoms with Gasteiger partial charge in [-0.25, -0.2) is 9.89 Å². The maximum Gasteiger partial charge on any atom is 0.363 e. The summed E-state index contributed by atoms with van der Waals surface area (Å²) in [5.74, 6) is 0.370. The van der Waals surface area contributed by atoms with Crippen molar-refractivity contribution in [2.45, 2.75) is 46.6 Å². The second-order valence-corrected chi connectivity index (χ2v) is 7.22. The minimum Gasteiger partial charge on any atom is -0.344 e. The van der Waals surface area contributed by atoms with Crippen LogP contribution in [0.5, 0.6) is 0 Å². The van der Waals surface area contributed by atoms with Gasteiger partial charge in [0.2, 0.25) is 0 Å². The Kier molecular flexibility index (Phi) is 4.63. The van der Waals surface area contributed by atoms with E-state index in [1.54, 1.807) is 6.21 Å². The van der Waals surface area contributed by atoms with E-state index in [2.05, 4.69) is 56.3 Å². The maximum absolute atomic E-state index is 11.5. The molecule has 0 unspecified atom stereocenters. The van der Waals surface area contributed by atoms with Gasteiger partial charge in [-0.1, -0.05) is 39.0 Å². The van der Waals surface area contributed by atoms with Crippen molar-refractivity contribution in [2.24, 2.45) is 5.10 Å². The first-order valence-electron chi connectivity index (χ1n) is 8.67. The van der Waals surface area contributed by atoms with Crippen molar-refractivity contribution >= 4 is 22.9 Å². The van der Waals surface area contributed by atoms with E-state index in [9.17, 15) is 4.79 Å². The van der Waals surface area contributed by atoms with Crippen molar-refractivity contribution in [1.29, 1.82) is 0 Å². The Labute approximate surface area is 152 Å². The van der Waals surface area contributed by atoms with Gasteiger partial charge in [-0.15, -0.1) is 0 Å². The summed E-state index contributed by atoms with van der Waals surface area (Å²) in [5, 5.41) is 12.0. The second kappa shape index (κ2) is 6.74. The number of H-pyrrole nitrogens is 1. The summed E-state index contributed by atoms with van der Waals surface area (Å²) in [6.07, 6.45) is 1.78. The highest BCUT2D eigenvalue weighted by Gasteiger charge is 2.21. The predicted molar refractivity (Wildman–Crippen MR) is 105 cm³/mol. The van der Waals surface area contributed by atoms with Crippen molar-refractivity contribution in [3.63, 3.8) is 0 Å². The number of fused-ring (bicyclic) bond motifs is 1. The molecule has 0 amide bonds. The van der Waals surface area contributed by atoms with Gasteiger partial charge < -0.3 is 4.57 Å². The van der Waals surface area contributed by atoms with Crippen molar-refractivity contribution < 1.29 is 0 Å². The summed E-state index contributed by atoms with van der Waals surface area (Å²) in [6.45, 7) is 11.1. The first kappa shape index (κ1) is 17.8. The lowest BCUT2D eigenvalue weighted by Crippen LogP contribution is -2.24. The lowest BCUT2D eigenvalue weighted by atomic mass is 9.92. The molecule has 0 aliphatic heterocycles. The van der Waals surface area contributed by atoms with Crippen molar-refractivity contribution in [3.05, 3.63) is 51.7 Å². The molecule has 7 nitrogen and oxygen atoms in total. The quantitative estimate of drug-likeness (QED) is 0.557. The van der Waals surface area contributed by atoms with E-state index in [0.717, 1.165) is 23.2 Å². The molecule has 0 saturated heterocycles. The highest BCUT2D eigenvalue weighted by Crippen LogP contribution is 2.26. The SMILES string of the molecule is CCn1c(C)c(/C=N/Nc2nc(=O)[nH]nc2C(C)(C)C)c2ccccc21. The van der Waals surface area contributed by atoms with Crippen LogP contribution in [0.15, 0.2) is 34.2 Å². The van der Waals surface area contributed by atoms with Gasteiger partial charge in [0.25, 0.3) is 0 Å². The van der Waals surface area contributed by atoms with E-state index >= 15 is 0 Å². The third-order valence-electron chi connectivity index (χ3n) is 4.37. The molecule has 3 rings (SSSR count). The molecule has 136 valence electrons. The standard InChI is InChI=1S/C19H24N6O/c1-6-25-12(2)14(13-9-7-8-10-15(13)25)11-20-23-17-16(19(3,4)5)22-24-18(26)21-17/h7-11H,6H2,1-5H3,(H2,21,23,24,26)/b20-11+. The molecule has 3 aromatic rings. The molecule has 0 aliphatic carbocycles. The Hall–Kier alpha value is -2.96. The summed E-state index contributed by atoms with van der Waals surface area (Å²) in [5.41, 5.74) is 6.14. The van der Waals surface area contributed by atoms with Crippen LogP contribution in [-0.2, 0) is 12.0 Å². The van der Waals surface area contributed by atoms with Crippen LogP contribution in [0.1, 0.15) is 44.6 Å². The topological polar surface area (TPSA) is 88.0 Å². The Morgan fingerprint density at radius 3 is 2.73 bits per heavy atom. The molecule has 7 heteroatoms. The number of rotatable bonds is 4. The zero-order chi connectivity index (χ0) is 18.9. The molecule has 26 heavy (non-hydrogen) atoms. The van der Waals surface area contributed by atoms with Gasteiger partial charge in [0, 0.05) is 34.1 Å². The second-order valence-electron chi connectivity index (χ2n) is 7.22. The van der Waals surface area contributed by atoms with E-state index in [1.165, 1.54) is 5.52 Å². The summed E-state index contributed by atoms with van der Waals surface area (Å²) in [7, 11) is 0. The minimum absolute atomic E-state index is 0.275. The monoisotopic (exact) mass is 352 g/mol. The lowest BCUT2D eigenvalue weighted by molar-refractivity contribution is 0.553. The van der Waals surface area contributed by atoms with E-state index in [-0.39, 0.29) is 5.41 Å². The number of anilines is 1. The van der Waals surface area contributed by atoms with Crippen LogP contribution < -0.4 is 11.1 Å². The molecule has 0 bridgehead atoms. The molecule has 0 radical (unpaired) electrons. The van der Waals surface area contributed by atoms with E-state index < -0.39 is 5.69 Å². The fraction of sp³-hybridized carbons (Fsp3) is 0.368. The van der Waals surface area contributed by atoms with Crippen molar-refractivity contribution in [1.82, 2.24) is 19.7 Å². The van der Waals surface area contributed by atoms with Crippen LogP contribution in [0.3, 0.4) is 0 Å². The van der Waals surface area contributed by atoms with Crippen molar-refractivity contribution in [3.8, 4) is 0 Å². The average molecular weight is 352 g/mol. The van der Waals surface area contributed by atoms with Gasteiger partial charge >= 0.3 is 5.69 Å². The first-order chi connectivity index (χ1) is 12.3. The van der Waals surface area contributed by atoms with E-state index in [0.29, 0.717) is 11.5 Å². The van der Waals surface area contributed by atoms with E-state index in [4.69, 9.17) is 0 Å². The van der Waals surface area contributed by atoms with Gasteiger partial charge in [0.05, 0.1) is 6.21 Å². The molecule has 0 spiro atoms. The highest BCUT2D eigenvalue weighted by molar-refractivity contribution is 6.01. The van der Waals surface area contributed by atoms with E-state index in [1.807, 2.05) is 32.9 Å². The number of nitrogens with zero attached hydrogens (tertiary/aromatic N) is 4. The number of hydrazone groups is 1. The molecule has 0 atom stereocenters. The third kappa shape index (κ3) is 3.24. The third-order valence-corrected chi connectivity index (χ3v) is 4.37. The van der Waals surface area contributed by atoms with Crippen LogP contribution in [0, 0.1) is 6.92 Å². The lowest BCUT2D eigenvalue weighted by Gasteiger charge is -2.18. The van der Waals surface area contributed by atoms with Gasteiger partial charge in [-0.3, -0.25) is 5.43 Å². The molecule has 2 N–H and O–H groups in total. The molecule has 2 heterocycles. The molecule has 2 aromatic heterocycles. The Morgan fingerprint density at radius 2 is 2.04 bits per heavy atom. The predicted octanol–water partition coefficient (Wildman–Crippen LogP) is 3.19. The molecule has 0 saturated carbocycles. The number of para-hydroxylation sites is 1. The van der Waals surface area contributed by atoms with Gasteiger partial charge in [0.1, 0.15) is 5.69 Å². The Bertz CT molecular complexity index is 1020. The summed E-state index contributed by atoms with van der Waals surface area (Å²) in [6, 6.07) is 8.25. The minimum atomic E-state index is -0.505. The van der Waals surface area contributed by atoms with Crippen LogP contribution in [-0.4, -0.2) is 26.0 Å². The Morgan fingerprint density at radius 1 is 1.31 bits per heavy atom. The van der Waals surface area contributed by atoms with Crippen LogP contribution in [0.4, 0.5) is 5.82 Å². The summed E-state index contributed by atoms with van der Waals surface area (Å²) < 4.78 is 2.25. The molecular formula is C19H24N6O. The smallest absolute Gasteiger partial charge is 0.344 e. The number of hydrogen-bond acceptors (Lipinski definition) is 5. The summed E-state index contributed by atoms with van der Waals surface area (Å²) >= 11 is 0. The largest absolute Gasteiger partial charge is 0.363 e. The first-order valence-corrected chi connectivity index (χ1v) is 8.67. The molecule has 0 aliphatic rings. The van der Waals surface area contributed by atoms with Gasteiger partial charge in [0.15, 0.2) is 5.82 Å². The van der Waals surface area contributed by atoms with Crippen LogP contribution in [0.2, 0.25) is 0 Å². The normalized spacial score (nSPS) is 12.2. The molecule has 1 aromatic carbocycles.